The number of amides is 3. The van der Waals surface area contributed by atoms with Crippen LogP contribution in [0.5, 0.6) is 0 Å². The van der Waals surface area contributed by atoms with Crippen molar-refractivity contribution in [2.45, 2.75) is 85.9 Å². The summed E-state index contributed by atoms with van der Waals surface area (Å²) in [7, 11) is 0. The number of benzene rings is 1. The van der Waals surface area contributed by atoms with E-state index in [4.69, 9.17) is 15.9 Å². The number of ether oxygens (including phenoxy) is 2. The fourth-order valence-corrected chi connectivity index (χ4v) is 3.74. The predicted octanol–water partition coefficient (Wildman–Crippen LogP) is 3.77. The highest BCUT2D eigenvalue weighted by Crippen LogP contribution is 2.26. The van der Waals surface area contributed by atoms with Crippen LogP contribution < -0.4 is 10.6 Å². The standard InChI is InChI=1S/C28H41N3O6/c1-10-20(6)23(30-27(35)37-28(7,8)9)26(34)31(11-2)24(21-16-18(4)15-19(5)17-21)25(33)29-14-13-22(32)36-12-3/h2,15-17,20,23-24H,10,12-14H2,1,3-9H3,(H,29,33)(H,30,35). The van der Waals surface area contributed by atoms with Gasteiger partial charge in [0.05, 0.1) is 13.0 Å². The number of carbonyl (C=O) groups excluding carboxylic acids is 4. The average Bonchev–Trinajstić information content (AvgIpc) is 2.78. The number of aryl methyl sites for hydroxylation is 2. The van der Waals surface area contributed by atoms with E-state index in [0.29, 0.717) is 12.0 Å². The molecule has 1 aromatic rings. The molecule has 0 radical (unpaired) electrons. The van der Waals surface area contributed by atoms with Crippen LogP contribution in [0.4, 0.5) is 4.79 Å². The summed E-state index contributed by atoms with van der Waals surface area (Å²) in [6.45, 7) is 14.5. The van der Waals surface area contributed by atoms with Crippen LogP contribution in [-0.4, -0.2) is 53.6 Å². The first-order valence-corrected chi connectivity index (χ1v) is 12.5. The van der Waals surface area contributed by atoms with E-state index in [1.807, 2.05) is 26.8 Å². The Labute approximate surface area is 220 Å². The maximum atomic E-state index is 13.8. The van der Waals surface area contributed by atoms with Gasteiger partial charge in [-0.15, -0.1) is 0 Å². The summed E-state index contributed by atoms with van der Waals surface area (Å²) in [4.78, 5) is 52.5. The zero-order valence-electron chi connectivity index (χ0n) is 23.3. The van der Waals surface area contributed by atoms with Crippen molar-refractivity contribution in [3.8, 4) is 12.5 Å². The van der Waals surface area contributed by atoms with Gasteiger partial charge in [-0.25, -0.2) is 4.79 Å². The van der Waals surface area contributed by atoms with Crippen molar-refractivity contribution in [3.63, 3.8) is 0 Å². The van der Waals surface area contributed by atoms with E-state index >= 15 is 0 Å². The van der Waals surface area contributed by atoms with Gasteiger partial charge >= 0.3 is 12.1 Å². The Morgan fingerprint density at radius 1 is 1.08 bits per heavy atom. The largest absolute Gasteiger partial charge is 0.466 e. The van der Waals surface area contributed by atoms with E-state index in [1.165, 1.54) is 0 Å². The molecular formula is C28H41N3O6. The third kappa shape index (κ3) is 10.2. The highest BCUT2D eigenvalue weighted by Gasteiger charge is 2.38. The Morgan fingerprint density at radius 3 is 2.16 bits per heavy atom. The molecule has 37 heavy (non-hydrogen) atoms. The van der Waals surface area contributed by atoms with Gasteiger partial charge in [-0.3, -0.25) is 19.3 Å². The molecule has 1 aromatic carbocycles. The van der Waals surface area contributed by atoms with Crippen LogP contribution in [0, 0.1) is 32.2 Å². The molecule has 0 saturated carbocycles. The number of carbonyl (C=O) groups is 4. The molecule has 0 aromatic heterocycles. The smallest absolute Gasteiger partial charge is 0.408 e. The van der Waals surface area contributed by atoms with Crippen LogP contribution >= 0.6 is 0 Å². The van der Waals surface area contributed by atoms with E-state index in [-0.39, 0.29) is 25.5 Å². The first-order chi connectivity index (χ1) is 17.2. The van der Waals surface area contributed by atoms with E-state index < -0.39 is 41.6 Å². The molecule has 204 valence electrons. The summed E-state index contributed by atoms with van der Waals surface area (Å²) in [5.41, 5.74) is 1.51. The average molecular weight is 516 g/mol. The number of nitrogens with one attached hydrogen (secondary N) is 2. The third-order valence-corrected chi connectivity index (χ3v) is 5.53. The highest BCUT2D eigenvalue weighted by atomic mass is 16.6. The summed E-state index contributed by atoms with van der Waals surface area (Å²) in [5, 5.41) is 5.33. The van der Waals surface area contributed by atoms with Gasteiger partial charge in [0, 0.05) is 12.6 Å². The minimum Gasteiger partial charge on any atom is -0.466 e. The monoisotopic (exact) mass is 515 g/mol. The second-order valence-corrected chi connectivity index (χ2v) is 10.0. The number of alkyl carbamates (subject to hydrolysis) is 1. The Kier molecular flexibility index (Phi) is 12.1. The molecule has 0 aliphatic heterocycles. The predicted molar refractivity (Wildman–Crippen MR) is 141 cm³/mol. The van der Waals surface area contributed by atoms with Gasteiger partial charge in [0.2, 0.25) is 5.91 Å². The topological polar surface area (TPSA) is 114 Å². The first kappa shape index (κ1) is 31.5. The van der Waals surface area contributed by atoms with Gasteiger partial charge in [-0.1, -0.05) is 56.0 Å². The van der Waals surface area contributed by atoms with E-state index in [0.717, 1.165) is 16.0 Å². The molecule has 0 aliphatic carbocycles. The zero-order valence-corrected chi connectivity index (χ0v) is 23.3. The van der Waals surface area contributed by atoms with Crippen molar-refractivity contribution in [1.29, 1.82) is 0 Å². The van der Waals surface area contributed by atoms with Gasteiger partial charge in [-0.05, 0) is 53.0 Å². The third-order valence-electron chi connectivity index (χ3n) is 5.53. The minimum atomic E-state index is -1.19. The van der Waals surface area contributed by atoms with Crippen molar-refractivity contribution >= 4 is 23.9 Å². The van der Waals surface area contributed by atoms with Crippen LogP contribution in [0.25, 0.3) is 0 Å². The molecule has 9 nitrogen and oxygen atoms in total. The Balaban J connectivity index is 3.39. The number of hydrogen-bond acceptors (Lipinski definition) is 6. The Morgan fingerprint density at radius 2 is 1.68 bits per heavy atom. The second-order valence-electron chi connectivity index (χ2n) is 10.0. The first-order valence-electron chi connectivity index (χ1n) is 12.5. The number of esters is 1. The van der Waals surface area contributed by atoms with Crippen LogP contribution in [-0.2, 0) is 23.9 Å². The van der Waals surface area contributed by atoms with Crippen LogP contribution in [0.15, 0.2) is 18.2 Å². The fraction of sp³-hybridized carbons (Fsp3) is 0.571. The van der Waals surface area contributed by atoms with Crippen molar-refractivity contribution in [2.24, 2.45) is 5.92 Å². The maximum Gasteiger partial charge on any atom is 0.408 e. The number of hydrogen-bond donors (Lipinski definition) is 2. The Hall–Kier alpha value is -3.54. The van der Waals surface area contributed by atoms with Crippen LogP contribution in [0.3, 0.4) is 0 Å². The molecule has 0 fully saturated rings. The van der Waals surface area contributed by atoms with E-state index in [1.54, 1.807) is 46.8 Å². The molecule has 3 amide bonds. The second kappa shape index (κ2) is 14.3. The molecule has 0 aliphatic rings. The lowest BCUT2D eigenvalue weighted by Crippen LogP contribution is -2.54. The van der Waals surface area contributed by atoms with Crippen LogP contribution in [0.2, 0.25) is 0 Å². The van der Waals surface area contributed by atoms with Crippen molar-refractivity contribution < 1.29 is 28.7 Å². The molecule has 1 rings (SSSR count). The maximum absolute atomic E-state index is 13.8. The van der Waals surface area contributed by atoms with Gasteiger partial charge in [0.25, 0.3) is 5.91 Å². The summed E-state index contributed by atoms with van der Waals surface area (Å²) >= 11 is 0. The fourth-order valence-electron chi connectivity index (χ4n) is 3.74. The van der Waals surface area contributed by atoms with E-state index in [9.17, 15) is 19.2 Å². The molecule has 2 N–H and O–H groups in total. The molecule has 0 spiro atoms. The van der Waals surface area contributed by atoms with Gasteiger partial charge in [0.1, 0.15) is 17.7 Å². The molecular weight excluding hydrogens is 474 g/mol. The van der Waals surface area contributed by atoms with Gasteiger partial charge in [0.15, 0.2) is 0 Å². The lowest BCUT2D eigenvalue weighted by molar-refractivity contribution is -0.143. The number of nitrogens with zero attached hydrogens (tertiary/aromatic N) is 1. The Bertz CT molecular complexity index is 988. The molecule has 0 heterocycles. The summed E-state index contributed by atoms with van der Waals surface area (Å²) in [5.74, 6) is -1.93. The molecule has 9 heteroatoms. The lowest BCUT2D eigenvalue weighted by atomic mass is 9.95. The minimum absolute atomic E-state index is 0.0104. The number of terminal acetylenes is 1. The van der Waals surface area contributed by atoms with Crippen molar-refractivity contribution in [2.75, 3.05) is 13.2 Å². The molecule has 0 saturated heterocycles. The molecule has 3 unspecified atom stereocenters. The normalized spacial score (nSPS) is 13.4. The summed E-state index contributed by atoms with van der Waals surface area (Å²) in [6, 6.07) is 5.63. The quantitative estimate of drug-likeness (QED) is 0.263. The van der Waals surface area contributed by atoms with Crippen LogP contribution in [0.1, 0.15) is 77.1 Å². The van der Waals surface area contributed by atoms with Gasteiger partial charge < -0.3 is 20.1 Å². The number of rotatable bonds is 11. The van der Waals surface area contributed by atoms with Crippen molar-refractivity contribution in [3.05, 3.63) is 34.9 Å². The van der Waals surface area contributed by atoms with E-state index in [2.05, 4.69) is 16.7 Å². The van der Waals surface area contributed by atoms with Gasteiger partial charge in [-0.2, -0.15) is 0 Å². The highest BCUT2D eigenvalue weighted by molar-refractivity contribution is 5.93. The van der Waals surface area contributed by atoms with Crippen molar-refractivity contribution in [1.82, 2.24) is 15.5 Å². The molecule has 3 atom stereocenters. The molecule has 0 bridgehead atoms. The summed E-state index contributed by atoms with van der Waals surface area (Å²) < 4.78 is 10.3. The summed E-state index contributed by atoms with van der Waals surface area (Å²) in [6.07, 6.45) is 5.58. The SMILES string of the molecule is C#CN(C(=O)C(NC(=O)OC(C)(C)C)C(C)CC)C(C(=O)NCCC(=O)OCC)c1cc(C)cc(C)c1. The zero-order chi connectivity index (χ0) is 28.3. The lowest BCUT2D eigenvalue weighted by Gasteiger charge is -2.32.